The Kier molecular flexibility index (Phi) is 3.89. The highest BCUT2D eigenvalue weighted by atomic mass is 32.1. The molecule has 0 spiro atoms. The summed E-state index contributed by atoms with van der Waals surface area (Å²) >= 11 is 1.50. The minimum atomic E-state index is -1.37. The summed E-state index contributed by atoms with van der Waals surface area (Å²) in [6, 6.07) is 1.15. The van der Waals surface area contributed by atoms with E-state index in [1.54, 1.807) is 6.20 Å². The van der Waals surface area contributed by atoms with Crippen molar-refractivity contribution in [2.45, 2.75) is 13.5 Å². The van der Waals surface area contributed by atoms with Crippen LogP contribution in [0.15, 0.2) is 18.5 Å². The number of pyridine rings is 1. The van der Waals surface area contributed by atoms with E-state index in [2.05, 4.69) is 15.3 Å². The molecule has 0 aliphatic carbocycles. The summed E-state index contributed by atoms with van der Waals surface area (Å²) in [6.45, 7) is 2.30. The second-order valence-corrected chi connectivity index (χ2v) is 5.17. The van der Waals surface area contributed by atoms with Gasteiger partial charge in [0, 0.05) is 17.1 Å². The molecule has 2 aromatic rings. The van der Waals surface area contributed by atoms with Crippen LogP contribution in [0.3, 0.4) is 0 Å². The molecular formula is C11H10N4O4S. The Bertz CT molecular complexity index is 670. The van der Waals surface area contributed by atoms with Crippen molar-refractivity contribution < 1.29 is 14.8 Å². The van der Waals surface area contributed by atoms with E-state index in [0.29, 0.717) is 6.54 Å². The first-order valence-electron chi connectivity index (χ1n) is 5.50. The maximum Gasteiger partial charge on any atom is 0.342 e. The number of rotatable bonds is 5. The highest BCUT2D eigenvalue weighted by molar-refractivity contribution is 7.11. The lowest BCUT2D eigenvalue weighted by molar-refractivity contribution is -0.385. The summed E-state index contributed by atoms with van der Waals surface area (Å²) in [4.78, 5) is 29.8. The van der Waals surface area contributed by atoms with Crippen molar-refractivity contribution in [3.8, 4) is 0 Å². The number of aromatic carboxylic acids is 1. The average molecular weight is 294 g/mol. The first-order valence-corrected chi connectivity index (χ1v) is 6.32. The number of carboxylic acids is 1. The van der Waals surface area contributed by atoms with E-state index in [0.717, 1.165) is 22.1 Å². The Morgan fingerprint density at radius 3 is 2.80 bits per heavy atom. The zero-order chi connectivity index (χ0) is 14.7. The number of aromatic nitrogens is 2. The molecule has 0 saturated carbocycles. The second kappa shape index (κ2) is 5.61. The number of anilines is 1. The van der Waals surface area contributed by atoms with Gasteiger partial charge in [-0.05, 0) is 6.92 Å². The maximum absolute atomic E-state index is 11.0. The Morgan fingerprint density at radius 1 is 1.50 bits per heavy atom. The van der Waals surface area contributed by atoms with Crippen molar-refractivity contribution in [1.82, 2.24) is 9.97 Å². The Hall–Kier alpha value is -2.55. The minimum absolute atomic E-state index is 0.263. The second-order valence-electron chi connectivity index (χ2n) is 3.85. The molecule has 0 atom stereocenters. The summed E-state index contributed by atoms with van der Waals surface area (Å²) < 4.78 is 0. The van der Waals surface area contributed by atoms with E-state index < -0.39 is 22.1 Å². The van der Waals surface area contributed by atoms with Crippen LogP contribution < -0.4 is 5.32 Å². The molecule has 0 aliphatic heterocycles. The number of hydrogen-bond acceptors (Lipinski definition) is 7. The zero-order valence-electron chi connectivity index (χ0n) is 10.4. The lowest BCUT2D eigenvalue weighted by Crippen LogP contribution is -2.06. The quantitative estimate of drug-likeness (QED) is 0.640. The van der Waals surface area contributed by atoms with Crippen molar-refractivity contribution in [3.05, 3.63) is 44.0 Å². The van der Waals surface area contributed by atoms with Crippen LogP contribution >= 0.6 is 11.3 Å². The van der Waals surface area contributed by atoms with Gasteiger partial charge in [-0.25, -0.2) is 14.8 Å². The highest BCUT2D eigenvalue weighted by Gasteiger charge is 2.20. The van der Waals surface area contributed by atoms with Crippen LogP contribution in [0.25, 0.3) is 0 Å². The van der Waals surface area contributed by atoms with Crippen molar-refractivity contribution in [2.24, 2.45) is 0 Å². The molecule has 8 nitrogen and oxygen atoms in total. The molecule has 9 heteroatoms. The summed E-state index contributed by atoms with van der Waals surface area (Å²) in [5.74, 6) is -1.10. The number of carboxylic acid groups (broad SMARTS) is 1. The fraction of sp³-hybridized carbons (Fsp3) is 0.182. The normalized spacial score (nSPS) is 10.2. The fourth-order valence-electron chi connectivity index (χ4n) is 1.53. The third kappa shape index (κ3) is 3.06. The molecule has 0 amide bonds. The lowest BCUT2D eigenvalue weighted by atomic mass is 10.2. The average Bonchev–Trinajstić information content (AvgIpc) is 2.81. The number of nitro groups is 1. The summed E-state index contributed by atoms with van der Waals surface area (Å²) in [7, 11) is 0. The standard InChI is InChI=1S/C11H10N4O4S/c1-6-12-3-7(20-6)4-13-10-2-8(11(16)17)9(5-14-10)15(18)19/h2-3,5H,4H2,1H3,(H,13,14)(H,16,17). The van der Waals surface area contributed by atoms with E-state index in [1.165, 1.54) is 11.3 Å². The molecule has 0 bridgehead atoms. The first kappa shape index (κ1) is 13.9. The molecule has 0 radical (unpaired) electrons. The monoisotopic (exact) mass is 294 g/mol. The fourth-order valence-corrected chi connectivity index (χ4v) is 2.26. The molecule has 2 rings (SSSR count). The van der Waals surface area contributed by atoms with Crippen LogP contribution in [0.2, 0.25) is 0 Å². The topological polar surface area (TPSA) is 118 Å². The van der Waals surface area contributed by atoms with Gasteiger partial charge in [-0.3, -0.25) is 10.1 Å². The SMILES string of the molecule is Cc1ncc(CNc2cc(C(=O)O)c([N+](=O)[O-])cn2)s1. The van der Waals surface area contributed by atoms with Gasteiger partial charge in [0.05, 0.1) is 16.5 Å². The van der Waals surface area contributed by atoms with Gasteiger partial charge in [-0.2, -0.15) is 0 Å². The van der Waals surface area contributed by atoms with Crippen LogP contribution in [-0.2, 0) is 6.54 Å². The Balaban J connectivity index is 2.18. The van der Waals surface area contributed by atoms with Gasteiger partial charge in [-0.15, -0.1) is 11.3 Å². The summed E-state index contributed by atoms with van der Waals surface area (Å²) in [6.07, 6.45) is 2.64. The number of carbonyl (C=O) groups is 1. The third-order valence-corrected chi connectivity index (χ3v) is 3.34. The molecule has 0 aromatic carbocycles. The number of hydrogen-bond donors (Lipinski definition) is 2. The van der Waals surface area contributed by atoms with E-state index in [1.807, 2.05) is 6.92 Å². The van der Waals surface area contributed by atoms with Crippen LogP contribution in [0.4, 0.5) is 11.5 Å². The van der Waals surface area contributed by atoms with Gasteiger partial charge >= 0.3 is 11.7 Å². The zero-order valence-corrected chi connectivity index (χ0v) is 11.2. The van der Waals surface area contributed by atoms with Crippen molar-refractivity contribution in [2.75, 3.05) is 5.32 Å². The smallest absolute Gasteiger partial charge is 0.342 e. The third-order valence-electron chi connectivity index (χ3n) is 2.42. The van der Waals surface area contributed by atoms with Crippen molar-refractivity contribution in [3.63, 3.8) is 0 Å². The lowest BCUT2D eigenvalue weighted by Gasteiger charge is -2.04. The van der Waals surface area contributed by atoms with Gasteiger partial charge in [0.25, 0.3) is 0 Å². The van der Waals surface area contributed by atoms with E-state index in [4.69, 9.17) is 5.11 Å². The molecule has 2 aromatic heterocycles. The van der Waals surface area contributed by atoms with Gasteiger partial charge in [0.1, 0.15) is 17.6 Å². The molecule has 2 heterocycles. The van der Waals surface area contributed by atoms with Gasteiger partial charge in [0.2, 0.25) is 0 Å². The van der Waals surface area contributed by atoms with Gasteiger partial charge < -0.3 is 10.4 Å². The van der Waals surface area contributed by atoms with Gasteiger partial charge in [-0.1, -0.05) is 0 Å². The van der Waals surface area contributed by atoms with Crippen molar-refractivity contribution in [1.29, 1.82) is 0 Å². The minimum Gasteiger partial charge on any atom is -0.477 e. The molecule has 20 heavy (non-hydrogen) atoms. The highest BCUT2D eigenvalue weighted by Crippen LogP contribution is 2.21. The molecule has 0 unspecified atom stereocenters. The van der Waals surface area contributed by atoms with Crippen LogP contribution in [0.1, 0.15) is 20.2 Å². The molecule has 0 aliphatic rings. The molecule has 2 N–H and O–H groups in total. The van der Waals surface area contributed by atoms with E-state index in [-0.39, 0.29) is 5.82 Å². The molecular weight excluding hydrogens is 284 g/mol. The number of nitrogens with one attached hydrogen (secondary N) is 1. The van der Waals surface area contributed by atoms with Crippen LogP contribution in [0, 0.1) is 17.0 Å². The Labute approximate surface area is 117 Å². The number of nitrogens with zero attached hydrogens (tertiary/aromatic N) is 3. The van der Waals surface area contributed by atoms with Gasteiger partial charge in [0.15, 0.2) is 0 Å². The largest absolute Gasteiger partial charge is 0.477 e. The molecule has 104 valence electrons. The molecule has 0 fully saturated rings. The molecule has 0 saturated heterocycles. The summed E-state index contributed by atoms with van der Waals surface area (Å²) in [5, 5.41) is 23.5. The van der Waals surface area contributed by atoms with E-state index in [9.17, 15) is 14.9 Å². The van der Waals surface area contributed by atoms with Crippen LogP contribution in [0.5, 0.6) is 0 Å². The van der Waals surface area contributed by atoms with Crippen LogP contribution in [-0.4, -0.2) is 26.0 Å². The number of aryl methyl sites for hydroxylation is 1. The summed E-state index contributed by atoms with van der Waals surface area (Å²) in [5.41, 5.74) is -0.926. The van der Waals surface area contributed by atoms with Crippen molar-refractivity contribution >= 4 is 28.8 Å². The number of thiazole rings is 1. The Morgan fingerprint density at radius 2 is 2.25 bits per heavy atom. The predicted octanol–water partition coefficient (Wildman–Crippen LogP) is 2.07. The first-order chi connectivity index (χ1) is 9.47. The maximum atomic E-state index is 11.0. The van der Waals surface area contributed by atoms with E-state index >= 15 is 0 Å². The predicted molar refractivity (Wildman–Crippen MR) is 72.0 cm³/mol.